The van der Waals surface area contributed by atoms with E-state index < -0.39 is 24.3 Å². The van der Waals surface area contributed by atoms with E-state index in [1.807, 2.05) is 32.6 Å². The number of ether oxygens (including phenoxy) is 1. The summed E-state index contributed by atoms with van der Waals surface area (Å²) in [6, 6.07) is 3.25. The summed E-state index contributed by atoms with van der Waals surface area (Å²) in [6.07, 6.45) is 1.76. The van der Waals surface area contributed by atoms with Crippen LogP contribution < -0.4 is 4.90 Å². The molecule has 0 aliphatic carbocycles. The SMILES string of the molecule is CC.Cc1nc2nc(N3CC(C(C)C)O[C@@H](c4cnn(C(F)F)c4)C3)nc(-c3ccc(F)cc3F)c2nc1C. The van der Waals surface area contributed by atoms with Gasteiger partial charge in [0.2, 0.25) is 5.95 Å². The van der Waals surface area contributed by atoms with Crippen molar-refractivity contribution >= 4 is 17.1 Å². The topological polar surface area (TPSA) is 81.9 Å². The fraction of sp³-hybridized carbons (Fsp3) is 0.444. The monoisotopic (exact) mass is 545 g/mol. The lowest BCUT2D eigenvalue weighted by Crippen LogP contribution is -2.47. The molecule has 1 aliphatic heterocycles. The molecule has 0 saturated carbocycles. The molecule has 8 nitrogen and oxygen atoms in total. The van der Waals surface area contributed by atoms with Gasteiger partial charge in [-0.3, -0.25) is 0 Å². The van der Waals surface area contributed by atoms with Crippen LogP contribution in [0.15, 0.2) is 30.6 Å². The van der Waals surface area contributed by atoms with E-state index in [0.29, 0.717) is 33.7 Å². The zero-order chi connectivity index (χ0) is 28.4. The van der Waals surface area contributed by atoms with Crippen molar-refractivity contribution in [1.29, 1.82) is 0 Å². The highest BCUT2D eigenvalue weighted by molar-refractivity contribution is 5.88. The fourth-order valence-electron chi connectivity index (χ4n) is 4.24. The molecule has 208 valence electrons. The Labute approximate surface area is 224 Å². The Kier molecular flexibility index (Phi) is 8.43. The van der Waals surface area contributed by atoms with Gasteiger partial charge in [0.25, 0.3) is 0 Å². The number of aryl methyl sites for hydroxylation is 2. The summed E-state index contributed by atoms with van der Waals surface area (Å²) in [5, 5.41) is 3.73. The molecule has 1 unspecified atom stereocenters. The maximum Gasteiger partial charge on any atom is 0.333 e. The van der Waals surface area contributed by atoms with Gasteiger partial charge in [-0.1, -0.05) is 27.7 Å². The van der Waals surface area contributed by atoms with Gasteiger partial charge in [0.05, 0.1) is 30.2 Å². The molecule has 0 spiro atoms. The standard InChI is InChI=1S/C25H25F4N7O.C2H6/c1-12(2)19-10-35(11-20(37-19)15-8-30-36(9-15)24(28)29)25-33-21(17-6-5-16(26)7-18(17)27)22-23(34-25)32-14(4)13(3)31-22;1-2/h5-9,12,19-20,24H,10-11H2,1-4H3;1-2H3/t19?,20-;/m1./s1. The van der Waals surface area contributed by atoms with E-state index >= 15 is 0 Å². The number of aromatic nitrogens is 6. The van der Waals surface area contributed by atoms with Crippen LogP contribution in [-0.2, 0) is 4.74 Å². The van der Waals surface area contributed by atoms with E-state index in [-0.39, 0.29) is 41.4 Å². The lowest BCUT2D eigenvalue weighted by atomic mass is 10.0. The van der Waals surface area contributed by atoms with Crippen molar-refractivity contribution in [2.24, 2.45) is 5.92 Å². The summed E-state index contributed by atoms with van der Waals surface area (Å²) in [7, 11) is 0. The maximum atomic E-state index is 14.9. The summed E-state index contributed by atoms with van der Waals surface area (Å²) >= 11 is 0. The molecule has 39 heavy (non-hydrogen) atoms. The summed E-state index contributed by atoms with van der Waals surface area (Å²) in [5.41, 5.74) is 2.59. The van der Waals surface area contributed by atoms with Crippen molar-refractivity contribution in [2.45, 2.75) is 60.3 Å². The summed E-state index contributed by atoms with van der Waals surface area (Å²) in [6.45, 7) is 9.44. The largest absolute Gasteiger partial charge is 0.366 e. The number of alkyl halides is 2. The summed E-state index contributed by atoms with van der Waals surface area (Å²) < 4.78 is 61.6. The highest BCUT2D eigenvalue weighted by Crippen LogP contribution is 2.33. The van der Waals surface area contributed by atoms with E-state index in [2.05, 4.69) is 25.0 Å². The van der Waals surface area contributed by atoms with E-state index in [9.17, 15) is 17.6 Å². The van der Waals surface area contributed by atoms with Gasteiger partial charge in [0, 0.05) is 29.9 Å². The van der Waals surface area contributed by atoms with Crippen molar-refractivity contribution in [3.63, 3.8) is 0 Å². The van der Waals surface area contributed by atoms with Crippen LogP contribution in [0.25, 0.3) is 22.4 Å². The van der Waals surface area contributed by atoms with Gasteiger partial charge in [-0.05, 0) is 31.9 Å². The molecule has 3 aromatic heterocycles. The van der Waals surface area contributed by atoms with Crippen LogP contribution in [-0.4, -0.2) is 48.9 Å². The number of nitrogens with zero attached hydrogens (tertiary/aromatic N) is 7. The first-order valence-corrected chi connectivity index (χ1v) is 12.8. The average molecular weight is 546 g/mol. The third-order valence-corrected chi connectivity index (χ3v) is 6.46. The first kappa shape index (κ1) is 28.3. The lowest BCUT2D eigenvalue weighted by molar-refractivity contribution is -0.0504. The van der Waals surface area contributed by atoms with Crippen LogP contribution >= 0.6 is 0 Å². The third kappa shape index (κ3) is 5.85. The first-order valence-electron chi connectivity index (χ1n) is 12.8. The Balaban J connectivity index is 0.00000172. The van der Waals surface area contributed by atoms with Crippen molar-refractivity contribution in [1.82, 2.24) is 29.7 Å². The second-order valence-electron chi connectivity index (χ2n) is 9.41. The van der Waals surface area contributed by atoms with Gasteiger partial charge >= 0.3 is 6.55 Å². The minimum Gasteiger partial charge on any atom is -0.366 e. The lowest BCUT2D eigenvalue weighted by Gasteiger charge is -2.39. The third-order valence-electron chi connectivity index (χ3n) is 6.46. The Morgan fingerprint density at radius 2 is 1.69 bits per heavy atom. The van der Waals surface area contributed by atoms with Gasteiger partial charge < -0.3 is 9.64 Å². The van der Waals surface area contributed by atoms with Crippen LogP contribution in [0, 0.1) is 31.4 Å². The van der Waals surface area contributed by atoms with Gasteiger partial charge in [0.1, 0.15) is 28.9 Å². The second kappa shape index (κ2) is 11.6. The number of hydrogen-bond acceptors (Lipinski definition) is 7. The molecule has 12 heteroatoms. The molecule has 2 atom stereocenters. The zero-order valence-electron chi connectivity index (χ0n) is 22.7. The molecule has 5 rings (SSSR count). The molecule has 4 heterocycles. The number of fused-ring (bicyclic) bond motifs is 1. The normalized spacial score (nSPS) is 17.6. The van der Waals surface area contributed by atoms with Crippen LogP contribution in [0.5, 0.6) is 0 Å². The molecule has 1 saturated heterocycles. The van der Waals surface area contributed by atoms with Gasteiger partial charge in [-0.25, -0.2) is 28.4 Å². The minimum absolute atomic E-state index is 0.0658. The highest BCUT2D eigenvalue weighted by atomic mass is 19.3. The van der Waals surface area contributed by atoms with E-state index in [0.717, 1.165) is 12.1 Å². The molecule has 0 bridgehead atoms. The number of anilines is 1. The van der Waals surface area contributed by atoms with Crippen LogP contribution in [0.1, 0.15) is 57.3 Å². The van der Waals surface area contributed by atoms with Crippen LogP contribution in [0.2, 0.25) is 0 Å². The number of benzene rings is 1. The molecule has 0 N–H and O–H groups in total. The molecular weight excluding hydrogens is 514 g/mol. The summed E-state index contributed by atoms with van der Waals surface area (Å²) in [4.78, 5) is 20.3. The van der Waals surface area contributed by atoms with E-state index in [1.165, 1.54) is 18.5 Å². The highest BCUT2D eigenvalue weighted by Gasteiger charge is 2.33. The zero-order valence-corrected chi connectivity index (χ0v) is 22.7. The molecule has 1 aromatic carbocycles. The number of rotatable bonds is 5. The second-order valence-corrected chi connectivity index (χ2v) is 9.41. The van der Waals surface area contributed by atoms with Gasteiger partial charge in [-0.2, -0.15) is 18.9 Å². The van der Waals surface area contributed by atoms with Crippen LogP contribution in [0.3, 0.4) is 0 Å². The maximum absolute atomic E-state index is 14.9. The number of morpholine rings is 1. The predicted molar refractivity (Wildman–Crippen MR) is 139 cm³/mol. The molecule has 1 aliphatic rings. The Morgan fingerprint density at radius 1 is 0.974 bits per heavy atom. The molecule has 0 amide bonds. The molecule has 4 aromatic rings. The van der Waals surface area contributed by atoms with Crippen molar-refractivity contribution in [3.8, 4) is 11.3 Å². The first-order chi connectivity index (χ1) is 18.6. The molecular formula is C27H31F4N7O. The van der Waals surface area contributed by atoms with E-state index in [4.69, 9.17) is 4.74 Å². The number of hydrogen-bond donors (Lipinski definition) is 0. The van der Waals surface area contributed by atoms with Crippen molar-refractivity contribution in [3.05, 3.63) is 59.2 Å². The predicted octanol–water partition coefficient (Wildman–Crippen LogP) is 6.20. The molecule has 1 fully saturated rings. The fourth-order valence-corrected chi connectivity index (χ4v) is 4.24. The van der Waals surface area contributed by atoms with Crippen LogP contribution in [0.4, 0.5) is 23.5 Å². The quantitative estimate of drug-likeness (QED) is 0.276. The van der Waals surface area contributed by atoms with Gasteiger partial charge in [0.15, 0.2) is 5.65 Å². The Bertz CT molecular complexity index is 1460. The van der Waals surface area contributed by atoms with Crippen molar-refractivity contribution in [2.75, 3.05) is 18.0 Å². The smallest absolute Gasteiger partial charge is 0.333 e. The number of halogens is 4. The van der Waals surface area contributed by atoms with Gasteiger partial charge in [-0.15, -0.1) is 0 Å². The molecule has 0 radical (unpaired) electrons. The average Bonchev–Trinajstić information content (AvgIpc) is 3.41. The summed E-state index contributed by atoms with van der Waals surface area (Å²) in [5.74, 6) is -1.15. The van der Waals surface area contributed by atoms with E-state index in [1.54, 1.807) is 13.8 Å². The Morgan fingerprint density at radius 3 is 2.33 bits per heavy atom. The minimum atomic E-state index is -2.77. The van der Waals surface area contributed by atoms with Crippen molar-refractivity contribution < 1.29 is 22.3 Å². The Hall–Kier alpha value is -3.67.